The van der Waals surface area contributed by atoms with Crippen molar-refractivity contribution in [1.82, 2.24) is 13.9 Å². The van der Waals surface area contributed by atoms with Gasteiger partial charge >= 0.3 is 0 Å². The van der Waals surface area contributed by atoms with Gasteiger partial charge in [-0.3, -0.25) is 4.79 Å². The van der Waals surface area contributed by atoms with Crippen molar-refractivity contribution in [2.24, 2.45) is 11.8 Å². The first-order valence-corrected chi connectivity index (χ1v) is 10.6. The second kappa shape index (κ2) is 6.51. The van der Waals surface area contributed by atoms with Crippen LogP contribution >= 0.6 is 0 Å². The molecule has 1 amide bonds. The third kappa shape index (κ3) is 3.16. The van der Waals surface area contributed by atoms with Crippen LogP contribution in [0.1, 0.15) is 23.2 Å². The van der Waals surface area contributed by atoms with Gasteiger partial charge in [0.1, 0.15) is 5.82 Å². The smallest absolute Gasteiger partial charge is 0.278 e. The van der Waals surface area contributed by atoms with Gasteiger partial charge in [-0.1, -0.05) is 6.07 Å². The number of hydrogen-bond donors (Lipinski definition) is 1. The number of ether oxygens (including phenoxy) is 1. The summed E-state index contributed by atoms with van der Waals surface area (Å²) >= 11 is 0. The molecule has 4 rings (SSSR count). The molecule has 7 nitrogen and oxygen atoms in total. The number of halogens is 1. The molecule has 3 heterocycles. The predicted octanol–water partition coefficient (Wildman–Crippen LogP) is 0.841. The molecular weight excluding hydrogens is 373 g/mol. The summed E-state index contributed by atoms with van der Waals surface area (Å²) in [5.41, 5.74) is -0.0761. The minimum absolute atomic E-state index is 0.0197. The molecule has 27 heavy (non-hydrogen) atoms. The molecule has 4 atom stereocenters. The zero-order valence-corrected chi connectivity index (χ0v) is 16.2. The molecule has 0 radical (unpaired) electrons. The number of fused-ring (bicyclic) bond motifs is 1. The molecule has 2 bridgehead atoms. The summed E-state index contributed by atoms with van der Waals surface area (Å²) in [5, 5.41) is 0. The minimum Gasteiger partial charge on any atom is -0.369 e. The zero-order valence-electron chi connectivity index (χ0n) is 15.4. The van der Waals surface area contributed by atoms with Crippen LogP contribution in [0, 0.1) is 17.7 Å². The van der Waals surface area contributed by atoms with E-state index in [1.54, 1.807) is 11.0 Å². The van der Waals surface area contributed by atoms with Crippen LogP contribution in [0.4, 0.5) is 4.39 Å². The Hall–Kier alpha value is -1.55. The van der Waals surface area contributed by atoms with Crippen molar-refractivity contribution in [3.8, 4) is 0 Å². The van der Waals surface area contributed by atoms with Gasteiger partial charge in [0.2, 0.25) is 0 Å². The van der Waals surface area contributed by atoms with E-state index in [9.17, 15) is 17.6 Å². The van der Waals surface area contributed by atoms with Gasteiger partial charge in [-0.2, -0.15) is 12.7 Å². The van der Waals surface area contributed by atoms with Crippen molar-refractivity contribution in [2.75, 3.05) is 33.7 Å². The van der Waals surface area contributed by atoms with Crippen molar-refractivity contribution >= 4 is 16.1 Å². The number of rotatable bonds is 5. The molecular formula is C18H24FN3O4S. The Kier molecular flexibility index (Phi) is 4.53. The van der Waals surface area contributed by atoms with Crippen LogP contribution in [0.15, 0.2) is 24.3 Å². The highest BCUT2D eigenvalue weighted by Crippen LogP contribution is 2.54. The Morgan fingerprint density at radius 3 is 2.93 bits per heavy atom. The highest BCUT2D eigenvalue weighted by Gasteiger charge is 2.63. The van der Waals surface area contributed by atoms with Crippen molar-refractivity contribution in [3.05, 3.63) is 35.6 Å². The average Bonchev–Trinajstić information content (AvgIpc) is 3.27. The molecule has 1 N–H and O–H groups in total. The van der Waals surface area contributed by atoms with E-state index in [2.05, 4.69) is 4.72 Å². The summed E-state index contributed by atoms with van der Waals surface area (Å²) in [7, 11) is -0.541. The number of carbonyl (C=O) groups is 1. The first-order chi connectivity index (χ1) is 12.7. The summed E-state index contributed by atoms with van der Waals surface area (Å²) < 4.78 is 47.6. The minimum atomic E-state index is -3.51. The van der Waals surface area contributed by atoms with Gasteiger partial charge in [0.25, 0.3) is 16.1 Å². The Morgan fingerprint density at radius 2 is 2.22 bits per heavy atom. The number of likely N-dealkylation sites (tertiary alicyclic amines) is 1. The van der Waals surface area contributed by atoms with Crippen LogP contribution in [0.3, 0.4) is 0 Å². The van der Waals surface area contributed by atoms with E-state index in [1.807, 2.05) is 0 Å². The zero-order chi connectivity index (χ0) is 19.4. The molecule has 1 aromatic rings. The Morgan fingerprint density at radius 1 is 1.44 bits per heavy atom. The summed E-state index contributed by atoms with van der Waals surface area (Å²) in [6, 6.07) is 5.69. The number of hydrogen-bond acceptors (Lipinski definition) is 4. The van der Waals surface area contributed by atoms with Gasteiger partial charge in [-0.05, 0) is 31.0 Å². The van der Waals surface area contributed by atoms with Crippen LogP contribution in [0.5, 0.6) is 0 Å². The predicted molar refractivity (Wildman–Crippen MR) is 96.7 cm³/mol. The summed E-state index contributed by atoms with van der Waals surface area (Å²) in [6.45, 7) is 1.26. The molecule has 3 aliphatic rings. The highest BCUT2D eigenvalue weighted by molar-refractivity contribution is 7.87. The van der Waals surface area contributed by atoms with E-state index >= 15 is 0 Å². The van der Waals surface area contributed by atoms with Gasteiger partial charge in [-0.15, -0.1) is 0 Å². The van der Waals surface area contributed by atoms with E-state index in [-0.39, 0.29) is 23.8 Å². The average molecular weight is 397 g/mol. The molecule has 148 valence electrons. The topological polar surface area (TPSA) is 79.0 Å². The molecule has 0 saturated carbocycles. The summed E-state index contributed by atoms with van der Waals surface area (Å²) in [5.74, 6) is -0.540. The normalized spacial score (nSPS) is 32.3. The monoisotopic (exact) mass is 397 g/mol. The molecule has 0 aliphatic carbocycles. The van der Waals surface area contributed by atoms with E-state index in [4.69, 9.17) is 4.74 Å². The summed E-state index contributed by atoms with van der Waals surface area (Å²) in [6.07, 6.45) is 1.75. The number of nitrogens with zero attached hydrogens (tertiary/aromatic N) is 2. The van der Waals surface area contributed by atoms with Gasteiger partial charge < -0.3 is 9.64 Å². The molecule has 0 aromatic heterocycles. The number of nitrogens with one attached hydrogen (secondary N) is 1. The lowest BCUT2D eigenvalue weighted by Crippen LogP contribution is -2.44. The maximum Gasteiger partial charge on any atom is 0.278 e. The fourth-order valence-corrected chi connectivity index (χ4v) is 5.41. The largest absolute Gasteiger partial charge is 0.369 e. The maximum atomic E-state index is 13.5. The highest BCUT2D eigenvalue weighted by atomic mass is 32.2. The van der Waals surface area contributed by atoms with Crippen LogP contribution in [0.25, 0.3) is 0 Å². The van der Waals surface area contributed by atoms with Crippen LogP contribution in [0.2, 0.25) is 0 Å². The SMILES string of the molecule is CN(C)S(=O)(=O)NC[C@H]1[C@H]2CN(C(=O)c3cccc(F)c3)C[C@]23CC[C@H]1O3. The molecule has 3 fully saturated rings. The first kappa shape index (κ1) is 18.8. The Balaban J connectivity index is 1.50. The van der Waals surface area contributed by atoms with Gasteiger partial charge in [0.15, 0.2) is 0 Å². The van der Waals surface area contributed by atoms with Crippen LogP contribution in [-0.4, -0.2) is 69.0 Å². The number of carbonyl (C=O) groups excluding carboxylic acids is 1. The van der Waals surface area contributed by atoms with Gasteiger partial charge in [0.05, 0.1) is 18.2 Å². The molecule has 3 saturated heterocycles. The lowest BCUT2D eigenvalue weighted by molar-refractivity contribution is 0.00324. The van der Waals surface area contributed by atoms with Crippen molar-refractivity contribution in [3.63, 3.8) is 0 Å². The quantitative estimate of drug-likeness (QED) is 0.799. The van der Waals surface area contributed by atoms with Crippen molar-refractivity contribution < 1.29 is 22.3 Å². The second-order valence-electron chi connectivity index (χ2n) is 7.86. The Bertz CT molecular complexity index is 862. The maximum absolute atomic E-state index is 13.5. The third-order valence-electron chi connectivity index (χ3n) is 6.12. The second-order valence-corrected chi connectivity index (χ2v) is 9.83. The van der Waals surface area contributed by atoms with Gasteiger partial charge in [-0.25, -0.2) is 9.11 Å². The number of amides is 1. The van der Waals surface area contributed by atoms with Gasteiger partial charge in [0, 0.05) is 44.6 Å². The lowest BCUT2D eigenvalue weighted by Gasteiger charge is -2.29. The van der Waals surface area contributed by atoms with E-state index in [1.165, 1.54) is 32.3 Å². The molecule has 0 unspecified atom stereocenters. The Labute approximate surface area is 158 Å². The standard InChI is InChI=1S/C18H24FN3O4S/c1-21(2)27(24,25)20-9-14-15-10-22(11-18(15)7-6-16(14)26-18)17(23)12-4-3-5-13(19)8-12/h3-5,8,14-16,20H,6-7,9-11H2,1-2H3/t14-,15+,16+,18+/m0/s1. The number of benzene rings is 1. The fourth-order valence-electron chi connectivity index (χ4n) is 4.75. The van der Waals surface area contributed by atoms with Crippen LogP contribution < -0.4 is 4.72 Å². The fraction of sp³-hybridized carbons (Fsp3) is 0.611. The molecule has 1 aromatic carbocycles. The molecule has 9 heteroatoms. The van der Waals surface area contributed by atoms with E-state index < -0.39 is 21.6 Å². The van der Waals surface area contributed by atoms with Crippen molar-refractivity contribution in [1.29, 1.82) is 0 Å². The van der Waals surface area contributed by atoms with E-state index in [0.29, 0.717) is 25.2 Å². The summed E-state index contributed by atoms with van der Waals surface area (Å²) in [4.78, 5) is 14.5. The molecule has 3 aliphatic heterocycles. The van der Waals surface area contributed by atoms with Crippen LogP contribution in [-0.2, 0) is 14.9 Å². The molecule has 1 spiro atoms. The van der Waals surface area contributed by atoms with Crippen molar-refractivity contribution in [2.45, 2.75) is 24.5 Å². The lowest BCUT2D eigenvalue weighted by atomic mass is 9.74. The first-order valence-electron chi connectivity index (χ1n) is 9.12. The third-order valence-corrected chi connectivity index (χ3v) is 7.62. The van der Waals surface area contributed by atoms with E-state index in [0.717, 1.165) is 17.1 Å².